The number of carbonyl (C=O) groups excluding carboxylic acids is 6. The molecule has 2 N–H and O–H groups in total. The van der Waals surface area contributed by atoms with E-state index in [9.17, 15) is 28.8 Å². The van der Waals surface area contributed by atoms with Crippen LogP contribution >= 0.6 is 0 Å². The molecule has 3 atom stereocenters. The first-order chi connectivity index (χ1) is 19.0. The van der Waals surface area contributed by atoms with Crippen molar-refractivity contribution in [3.05, 3.63) is 0 Å². The molecule has 1 aliphatic heterocycles. The second kappa shape index (κ2) is 23.3. The zero-order chi connectivity index (χ0) is 32.9. The second-order valence-corrected chi connectivity index (χ2v) is 8.91. The molecule has 1 rings (SSSR count). The highest BCUT2D eigenvalue weighted by molar-refractivity contribution is 6.03. The molecule has 0 unspecified atom stereocenters. The summed E-state index contributed by atoms with van der Waals surface area (Å²) in [6.45, 7) is 17.6. The van der Waals surface area contributed by atoms with E-state index in [4.69, 9.17) is 9.47 Å². The Hall–Kier alpha value is -3.42. The van der Waals surface area contributed by atoms with E-state index in [1.54, 1.807) is 55.6 Å². The first-order valence-corrected chi connectivity index (χ1v) is 13.7. The van der Waals surface area contributed by atoms with Crippen LogP contribution in [0.1, 0.15) is 62.3 Å². The number of carbonyl (C=O) groups is 6. The van der Waals surface area contributed by atoms with Gasteiger partial charge >= 0.3 is 30.0 Å². The van der Waals surface area contributed by atoms with Crippen molar-refractivity contribution in [1.82, 2.24) is 25.3 Å². The number of amides is 5. The van der Waals surface area contributed by atoms with E-state index in [0.717, 1.165) is 4.90 Å². The molecule has 0 saturated carbocycles. The molecule has 0 aromatic heterocycles. The fourth-order valence-corrected chi connectivity index (χ4v) is 2.76. The smallest absolute Gasteiger partial charge is 0.328 e. The number of likely N-dealkylation sites (N-methyl/N-ethyl adjacent to an activating group) is 4. The average molecular weight is 592 g/mol. The topological polar surface area (TPSA) is 164 Å². The summed E-state index contributed by atoms with van der Waals surface area (Å²) in [6, 6.07) is -1.52. The van der Waals surface area contributed by atoms with Gasteiger partial charge in [-0.3, -0.25) is 19.3 Å². The molecule has 0 radical (unpaired) electrons. The molecular weight excluding hydrogens is 538 g/mol. The Kier molecular flexibility index (Phi) is 23.9. The number of esters is 3. The number of ether oxygens (including phenoxy) is 3. The summed E-state index contributed by atoms with van der Waals surface area (Å²) in [5, 5.41) is 5.25. The van der Waals surface area contributed by atoms with Crippen LogP contribution in [0.5, 0.6) is 0 Å². The van der Waals surface area contributed by atoms with Crippen LogP contribution in [0.25, 0.3) is 0 Å². The highest BCUT2D eigenvalue weighted by Gasteiger charge is 2.37. The molecule has 41 heavy (non-hydrogen) atoms. The number of imide groups is 1. The molecule has 1 saturated heterocycles. The third-order valence-corrected chi connectivity index (χ3v) is 5.60. The normalized spacial score (nSPS) is 15.1. The lowest BCUT2D eigenvalue weighted by atomic mass is 10.2. The maximum atomic E-state index is 11.3. The minimum atomic E-state index is -0.542. The van der Waals surface area contributed by atoms with E-state index in [0.29, 0.717) is 26.4 Å². The molecular formula is C27H53N5O9. The van der Waals surface area contributed by atoms with Crippen LogP contribution in [0, 0.1) is 5.92 Å². The third kappa shape index (κ3) is 16.4. The lowest BCUT2D eigenvalue weighted by Crippen LogP contribution is -2.47. The highest BCUT2D eigenvalue weighted by atomic mass is 16.5. The predicted octanol–water partition coefficient (Wildman–Crippen LogP) is 1.86. The minimum Gasteiger partial charge on any atom is -0.466 e. The van der Waals surface area contributed by atoms with Crippen molar-refractivity contribution in [1.29, 1.82) is 0 Å². The van der Waals surface area contributed by atoms with Gasteiger partial charge < -0.3 is 34.6 Å². The van der Waals surface area contributed by atoms with Gasteiger partial charge in [0.25, 0.3) is 5.91 Å². The summed E-state index contributed by atoms with van der Waals surface area (Å²) < 4.78 is 14.2. The summed E-state index contributed by atoms with van der Waals surface area (Å²) in [5.74, 6) is -0.812. The van der Waals surface area contributed by atoms with Crippen molar-refractivity contribution in [3.63, 3.8) is 0 Å². The second-order valence-electron chi connectivity index (χ2n) is 8.91. The quantitative estimate of drug-likeness (QED) is 0.230. The Morgan fingerprint density at radius 1 is 0.829 bits per heavy atom. The van der Waals surface area contributed by atoms with E-state index < -0.39 is 6.04 Å². The molecule has 14 heteroatoms. The van der Waals surface area contributed by atoms with Gasteiger partial charge in [0.15, 0.2) is 0 Å². The summed E-state index contributed by atoms with van der Waals surface area (Å²) in [6.07, 6.45) is 0. The fourth-order valence-electron chi connectivity index (χ4n) is 2.76. The highest BCUT2D eigenvalue weighted by Crippen LogP contribution is 2.11. The van der Waals surface area contributed by atoms with Crippen LogP contribution in [0.4, 0.5) is 9.59 Å². The van der Waals surface area contributed by atoms with Crippen molar-refractivity contribution in [2.75, 3.05) is 54.6 Å². The van der Waals surface area contributed by atoms with E-state index in [1.165, 1.54) is 23.9 Å². The molecule has 1 heterocycles. The number of hydrogen-bond acceptors (Lipinski definition) is 10. The van der Waals surface area contributed by atoms with Crippen molar-refractivity contribution in [2.45, 2.75) is 80.4 Å². The maximum Gasteiger partial charge on any atom is 0.328 e. The number of nitrogens with zero attached hydrogens (tertiary/aromatic N) is 3. The molecule has 0 spiro atoms. The van der Waals surface area contributed by atoms with Crippen LogP contribution in [-0.2, 0) is 33.4 Å². The van der Waals surface area contributed by atoms with Crippen LogP contribution in [0.3, 0.4) is 0 Å². The molecule has 14 nitrogen and oxygen atoms in total. The number of nitrogens with one attached hydrogen (secondary N) is 2. The van der Waals surface area contributed by atoms with Gasteiger partial charge in [-0.25, -0.2) is 14.4 Å². The Morgan fingerprint density at radius 2 is 1.27 bits per heavy atom. The molecule has 5 amide bonds. The standard InChI is InChI=1S/C9H18N2O3.C6H10N2O2.C6H13NO2.C6H12O2/c1-5-11(9(13)10-4)7(3)8(12)14-6-2;1-4-5(9)8(3)6(10)7(4)2;1-4-9-6(8)5(2)7-3;1-4-8-6(7)5(2)3/h7H,5-6H2,1-4H3,(H,10,13);4H,1-3H3;5,7H,4H2,1-3H3;5H,4H2,1-3H3/t7-;4-;5-;/m000./s1. The molecule has 0 aliphatic carbocycles. The first-order valence-electron chi connectivity index (χ1n) is 13.7. The Morgan fingerprint density at radius 3 is 1.51 bits per heavy atom. The van der Waals surface area contributed by atoms with Crippen LogP contribution in [0.2, 0.25) is 0 Å². The average Bonchev–Trinajstić information content (AvgIpc) is 3.11. The van der Waals surface area contributed by atoms with E-state index >= 15 is 0 Å². The van der Waals surface area contributed by atoms with E-state index in [-0.39, 0.29) is 53.9 Å². The fraction of sp³-hybridized carbons (Fsp3) is 0.778. The van der Waals surface area contributed by atoms with Gasteiger partial charge in [0.1, 0.15) is 18.1 Å². The summed E-state index contributed by atoms with van der Waals surface area (Å²) >= 11 is 0. The monoisotopic (exact) mass is 591 g/mol. The van der Waals surface area contributed by atoms with Crippen molar-refractivity contribution in [3.8, 4) is 0 Å². The Balaban J connectivity index is -0.000000481. The summed E-state index contributed by atoms with van der Waals surface area (Å²) in [5.41, 5.74) is 0. The summed E-state index contributed by atoms with van der Waals surface area (Å²) in [4.78, 5) is 69.7. The molecule has 0 bridgehead atoms. The summed E-state index contributed by atoms with van der Waals surface area (Å²) in [7, 11) is 6.36. The maximum absolute atomic E-state index is 11.3. The lowest BCUT2D eigenvalue weighted by Gasteiger charge is -2.25. The van der Waals surface area contributed by atoms with Gasteiger partial charge in [-0.15, -0.1) is 0 Å². The number of rotatable bonds is 9. The molecule has 1 fully saturated rings. The van der Waals surface area contributed by atoms with Gasteiger partial charge in [-0.2, -0.15) is 0 Å². The van der Waals surface area contributed by atoms with Gasteiger partial charge in [0.05, 0.1) is 25.7 Å². The van der Waals surface area contributed by atoms with Gasteiger partial charge in [-0.1, -0.05) is 13.8 Å². The zero-order valence-corrected chi connectivity index (χ0v) is 27.2. The third-order valence-electron chi connectivity index (χ3n) is 5.60. The largest absolute Gasteiger partial charge is 0.466 e. The van der Waals surface area contributed by atoms with Crippen LogP contribution < -0.4 is 10.6 Å². The number of urea groups is 2. The van der Waals surface area contributed by atoms with E-state index in [1.807, 2.05) is 20.8 Å². The van der Waals surface area contributed by atoms with Gasteiger partial charge in [0, 0.05) is 27.7 Å². The van der Waals surface area contributed by atoms with Crippen molar-refractivity contribution in [2.24, 2.45) is 5.92 Å². The molecule has 0 aromatic carbocycles. The zero-order valence-electron chi connectivity index (χ0n) is 27.2. The number of hydrogen-bond donors (Lipinski definition) is 2. The van der Waals surface area contributed by atoms with Gasteiger partial charge in [0.2, 0.25) is 0 Å². The van der Waals surface area contributed by atoms with Gasteiger partial charge in [-0.05, 0) is 55.5 Å². The van der Waals surface area contributed by atoms with Crippen molar-refractivity contribution >= 4 is 35.9 Å². The predicted molar refractivity (Wildman–Crippen MR) is 155 cm³/mol. The SMILES string of the molecule is CCOC(=O)C(C)C.CCOC(=O)[C@H](C)N(CC)C(=O)NC.CCOC(=O)[C@H](C)NC.C[C@H]1C(=O)N(C)C(=O)N1C. The lowest BCUT2D eigenvalue weighted by molar-refractivity contribution is -0.148. The Bertz CT molecular complexity index is 803. The molecule has 0 aromatic rings. The molecule has 1 aliphatic rings. The minimum absolute atomic E-state index is 0.00921. The van der Waals surface area contributed by atoms with E-state index in [2.05, 4.69) is 15.4 Å². The van der Waals surface area contributed by atoms with Crippen LogP contribution in [0.15, 0.2) is 0 Å². The van der Waals surface area contributed by atoms with Crippen molar-refractivity contribution < 1.29 is 43.0 Å². The van der Waals surface area contributed by atoms with Crippen LogP contribution in [-0.4, -0.2) is 123 Å². The Labute approximate surface area is 245 Å². The molecule has 240 valence electrons. The first kappa shape index (κ1) is 42.1.